The third kappa shape index (κ3) is 2.74. The number of hydrogen-bond donors (Lipinski definition) is 1. The second-order valence-corrected chi connectivity index (χ2v) is 5.79. The second kappa shape index (κ2) is 5.47. The molecule has 3 nitrogen and oxygen atoms in total. The van der Waals surface area contributed by atoms with Crippen LogP contribution < -0.4 is 5.32 Å². The second-order valence-electron chi connectivity index (χ2n) is 4.58. The number of aryl methyl sites for hydroxylation is 1. The number of nitrogens with zero attached hydrogens (tertiary/aromatic N) is 2. The summed E-state index contributed by atoms with van der Waals surface area (Å²) < 4.78 is 0.979. The number of para-hydroxylation sites is 1. The molecule has 19 heavy (non-hydrogen) atoms. The molecular weight excluding hydrogens is 326 g/mol. The smallest absolute Gasteiger partial charge is 0.228 e. The van der Waals surface area contributed by atoms with Crippen molar-refractivity contribution in [2.24, 2.45) is 0 Å². The molecule has 98 valence electrons. The van der Waals surface area contributed by atoms with Crippen molar-refractivity contribution in [3.05, 3.63) is 45.1 Å². The Hall–Kier alpha value is -1.13. The van der Waals surface area contributed by atoms with Crippen LogP contribution in [0.1, 0.15) is 24.1 Å². The zero-order valence-electron chi connectivity index (χ0n) is 10.3. The molecule has 0 aliphatic heterocycles. The lowest BCUT2D eigenvalue weighted by Crippen LogP contribution is -2.10. The van der Waals surface area contributed by atoms with Gasteiger partial charge in [-0.15, -0.1) is 0 Å². The van der Waals surface area contributed by atoms with Crippen LogP contribution in [0.5, 0.6) is 0 Å². The van der Waals surface area contributed by atoms with Gasteiger partial charge in [0.15, 0.2) is 0 Å². The summed E-state index contributed by atoms with van der Waals surface area (Å²) in [5.41, 5.74) is 3.14. The molecule has 0 fully saturated rings. The zero-order chi connectivity index (χ0) is 13.2. The van der Waals surface area contributed by atoms with Crippen LogP contribution in [0.25, 0.3) is 0 Å². The molecule has 1 heterocycles. The van der Waals surface area contributed by atoms with Crippen molar-refractivity contribution in [1.29, 1.82) is 0 Å². The number of aromatic nitrogens is 2. The average molecular weight is 339 g/mol. The molecule has 0 unspecified atom stereocenters. The highest BCUT2D eigenvalue weighted by molar-refractivity contribution is 9.10. The molecule has 0 spiro atoms. The zero-order valence-corrected chi connectivity index (χ0v) is 12.6. The van der Waals surface area contributed by atoms with Crippen LogP contribution in [-0.2, 0) is 12.8 Å². The van der Waals surface area contributed by atoms with Crippen molar-refractivity contribution in [3.8, 4) is 0 Å². The predicted molar refractivity (Wildman–Crippen MR) is 81.1 cm³/mol. The van der Waals surface area contributed by atoms with Gasteiger partial charge in [-0.3, -0.25) is 0 Å². The maximum Gasteiger partial charge on any atom is 0.228 e. The van der Waals surface area contributed by atoms with Crippen LogP contribution in [0.2, 0.25) is 5.15 Å². The highest BCUT2D eigenvalue weighted by atomic mass is 79.9. The van der Waals surface area contributed by atoms with Gasteiger partial charge >= 0.3 is 0 Å². The average Bonchev–Trinajstić information content (AvgIpc) is 2.42. The lowest BCUT2D eigenvalue weighted by atomic mass is 9.97. The summed E-state index contributed by atoms with van der Waals surface area (Å²) in [5.74, 6) is 0.567. The summed E-state index contributed by atoms with van der Waals surface area (Å²) >= 11 is 9.75. The van der Waals surface area contributed by atoms with Crippen LogP contribution in [0.3, 0.4) is 0 Å². The third-order valence-electron chi connectivity index (χ3n) is 3.25. The van der Waals surface area contributed by atoms with Gasteiger partial charge in [-0.25, -0.2) is 9.97 Å². The van der Waals surface area contributed by atoms with Crippen LogP contribution in [0, 0.1) is 0 Å². The lowest BCUT2D eigenvalue weighted by molar-refractivity contribution is 0.664. The molecule has 3 rings (SSSR count). The molecule has 1 aromatic carbocycles. The van der Waals surface area contributed by atoms with Crippen molar-refractivity contribution >= 4 is 39.2 Å². The molecule has 2 aromatic rings. The summed E-state index contributed by atoms with van der Waals surface area (Å²) in [5, 5.41) is 3.79. The van der Waals surface area contributed by atoms with Gasteiger partial charge in [0.1, 0.15) is 5.15 Å². The minimum absolute atomic E-state index is 0.567. The molecule has 0 saturated heterocycles. The number of nitrogens with one attached hydrogen (secondary N) is 1. The normalized spacial score (nSPS) is 14.0. The van der Waals surface area contributed by atoms with Gasteiger partial charge in [-0.2, -0.15) is 0 Å². The van der Waals surface area contributed by atoms with Gasteiger partial charge in [-0.05, 0) is 53.7 Å². The van der Waals surface area contributed by atoms with E-state index in [0.717, 1.165) is 34.3 Å². The molecule has 0 amide bonds. The van der Waals surface area contributed by atoms with Crippen molar-refractivity contribution in [3.63, 3.8) is 0 Å². The standard InChI is InChI=1S/C14H13BrClN3/c15-10-6-2-4-8-12(10)18-14-17-11-7-3-1-5-9(11)13(16)19-14/h2,4,6,8H,1,3,5,7H2,(H,17,18,19). The van der Waals surface area contributed by atoms with Crippen LogP contribution >= 0.6 is 27.5 Å². The summed E-state index contributed by atoms with van der Waals surface area (Å²) in [6.07, 6.45) is 4.33. The van der Waals surface area contributed by atoms with Gasteiger partial charge in [0, 0.05) is 10.0 Å². The molecule has 5 heteroatoms. The van der Waals surface area contributed by atoms with Gasteiger partial charge in [0.2, 0.25) is 5.95 Å². The summed E-state index contributed by atoms with van der Waals surface area (Å²) in [4.78, 5) is 8.93. The van der Waals surface area contributed by atoms with Crippen molar-refractivity contribution in [1.82, 2.24) is 9.97 Å². The third-order valence-corrected chi connectivity index (χ3v) is 4.26. The fourth-order valence-electron chi connectivity index (χ4n) is 2.29. The van der Waals surface area contributed by atoms with Crippen molar-refractivity contribution in [2.75, 3.05) is 5.32 Å². The number of benzene rings is 1. The first-order valence-electron chi connectivity index (χ1n) is 6.31. The van der Waals surface area contributed by atoms with Crippen LogP contribution in [-0.4, -0.2) is 9.97 Å². The summed E-state index contributed by atoms with van der Waals surface area (Å²) in [6.45, 7) is 0. The lowest BCUT2D eigenvalue weighted by Gasteiger charge is -2.17. The van der Waals surface area contributed by atoms with Crippen LogP contribution in [0.4, 0.5) is 11.6 Å². The summed E-state index contributed by atoms with van der Waals surface area (Å²) in [7, 11) is 0. The largest absolute Gasteiger partial charge is 0.323 e. The molecule has 0 saturated carbocycles. The Bertz CT molecular complexity index is 616. The van der Waals surface area contributed by atoms with Gasteiger partial charge in [0.25, 0.3) is 0 Å². The molecule has 0 radical (unpaired) electrons. The van der Waals surface area contributed by atoms with E-state index in [9.17, 15) is 0 Å². The Labute approximate surface area is 125 Å². The van der Waals surface area contributed by atoms with Gasteiger partial charge < -0.3 is 5.32 Å². The maximum absolute atomic E-state index is 6.25. The molecule has 0 atom stereocenters. The molecule has 1 N–H and O–H groups in total. The number of rotatable bonds is 2. The molecular formula is C14H13BrClN3. The Morgan fingerprint density at radius 1 is 1.11 bits per heavy atom. The molecule has 1 aliphatic rings. The monoisotopic (exact) mass is 337 g/mol. The minimum Gasteiger partial charge on any atom is -0.323 e. The number of fused-ring (bicyclic) bond motifs is 1. The Morgan fingerprint density at radius 2 is 1.89 bits per heavy atom. The SMILES string of the molecule is Clc1nc(Nc2ccccc2Br)nc2c1CCCC2. The quantitative estimate of drug-likeness (QED) is 0.818. The molecule has 1 aromatic heterocycles. The number of hydrogen-bond acceptors (Lipinski definition) is 3. The fourth-order valence-corrected chi connectivity index (χ4v) is 2.95. The van der Waals surface area contributed by atoms with E-state index >= 15 is 0 Å². The Kier molecular flexibility index (Phi) is 3.71. The van der Waals surface area contributed by atoms with Crippen LogP contribution in [0.15, 0.2) is 28.7 Å². The van der Waals surface area contributed by atoms with E-state index in [1.165, 1.54) is 12.8 Å². The Morgan fingerprint density at radius 3 is 2.74 bits per heavy atom. The number of halogens is 2. The number of anilines is 2. The minimum atomic E-state index is 0.567. The first-order valence-corrected chi connectivity index (χ1v) is 7.48. The Balaban J connectivity index is 1.94. The van der Waals surface area contributed by atoms with E-state index in [4.69, 9.17) is 11.6 Å². The predicted octanol–water partition coefficient (Wildman–Crippen LogP) is 4.51. The van der Waals surface area contributed by atoms with E-state index in [-0.39, 0.29) is 0 Å². The van der Waals surface area contributed by atoms with E-state index < -0.39 is 0 Å². The van der Waals surface area contributed by atoms with E-state index in [2.05, 4.69) is 31.2 Å². The summed E-state index contributed by atoms with van der Waals surface area (Å²) in [6, 6.07) is 7.88. The molecule has 0 bridgehead atoms. The van der Waals surface area contributed by atoms with Gasteiger partial charge in [0.05, 0.1) is 11.4 Å². The van der Waals surface area contributed by atoms with Crippen molar-refractivity contribution in [2.45, 2.75) is 25.7 Å². The fraction of sp³-hybridized carbons (Fsp3) is 0.286. The highest BCUT2D eigenvalue weighted by Crippen LogP contribution is 2.29. The maximum atomic E-state index is 6.25. The van der Waals surface area contributed by atoms with Crippen molar-refractivity contribution < 1.29 is 0 Å². The topological polar surface area (TPSA) is 37.8 Å². The van der Waals surface area contributed by atoms with E-state index in [0.29, 0.717) is 11.1 Å². The first kappa shape index (κ1) is 12.9. The van der Waals surface area contributed by atoms with E-state index in [1.54, 1.807) is 0 Å². The van der Waals surface area contributed by atoms with E-state index in [1.807, 2.05) is 24.3 Å². The highest BCUT2D eigenvalue weighted by Gasteiger charge is 2.16. The van der Waals surface area contributed by atoms with Gasteiger partial charge in [-0.1, -0.05) is 23.7 Å². The first-order chi connectivity index (χ1) is 9.24. The molecule has 1 aliphatic carbocycles.